The summed E-state index contributed by atoms with van der Waals surface area (Å²) >= 11 is 0. The minimum atomic E-state index is -1.09. The zero-order valence-corrected chi connectivity index (χ0v) is 12.3. The normalized spacial score (nSPS) is 13.7. The van der Waals surface area contributed by atoms with Gasteiger partial charge in [-0.15, -0.1) is 0 Å². The highest BCUT2D eigenvalue weighted by molar-refractivity contribution is 5.30. The molecule has 0 aliphatic heterocycles. The highest BCUT2D eigenvalue weighted by Crippen LogP contribution is 2.27. The van der Waals surface area contributed by atoms with Crippen LogP contribution < -0.4 is 4.74 Å². The van der Waals surface area contributed by atoms with Crippen molar-refractivity contribution in [2.75, 3.05) is 6.61 Å². The Morgan fingerprint density at radius 1 is 1.24 bits per heavy atom. The summed E-state index contributed by atoms with van der Waals surface area (Å²) in [5, 5.41) is 10.7. The molecule has 1 N–H and O–H groups in total. The molecule has 0 saturated heterocycles. The second-order valence-corrected chi connectivity index (χ2v) is 5.33. The predicted molar refractivity (Wildman–Crippen MR) is 79.7 cm³/mol. The van der Waals surface area contributed by atoms with Gasteiger partial charge in [-0.05, 0) is 37.1 Å². The number of benzene rings is 1. The highest BCUT2D eigenvalue weighted by Gasteiger charge is 2.24. The van der Waals surface area contributed by atoms with E-state index in [1.807, 2.05) is 6.92 Å². The van der Waals surface area contributed by atoms with E-state index in [1.165, 1.54) is 12.1 Å². The fourth-order valence-corrected chi connectivity index (χ4v) is 2.11. The first-order chi connectivity index (χ1) is 10.0. The molecule has 0 aliphatic rings. The molecule has 1 aromatic heterocycles. The average molecular weight is 289 g/mol. The summed E-state index contributed by atoms with van der Waals surface area (Å²) in [4.78, 5) is 4.11. The van der Waals surface area contributed by atoms with Gasteiger partial charge in [0.2, 0.25) is 0 Å². The van der Waals surface area contributed by atoms with Crippen molar-refractivity contribution in [1.82, 2.24) is 4.98 Å². The Balaban J connectivity index is 2.16. The lowest BCUT2D eigenvalue weighted by Gasteiger charge is -2.24. The average Bonchev–Trinajstić information content (AvgIpc) is 2.48. The molecule has 0 saturated carbocycles. The SMILES string of the molecule is CCCOc1cncc(C(C)(O)Cc2ccc(F)cc2)c1. The van der Waals surface area contributed by atoms with Crippen LogP contribution in [0.2, 0.25) is 0 Å². The number of halogens is 1. The van der Waals surface area contributed by atoms with Gasteiger partial charge in [-0.1, -0.05) is 19.1 Å². The molecule has 0 radical (unpaired) electrons. The highest BCUT2D eigenvalue weighted by atomic mass is 19.1. The topological polar surface area (TPSA) is 42.4 Å². The van der Waals surface area contributed by atoms with Crippen LogP contribution >= 0.6 is 0 Å². The van der Waals surface area contributed by atoms with Gasteiger partial charge in [-0.2, -0.15) is 0 Å². The van der Waals surface area contributed by atoms with Gasteiger partial charge in [0, 0.05) is 18.2 Å². The van der Waals surface area contributed by atoms with Gasteiger partial charge in [0.15, 0.2) is 0 Å². The summed E-state index contributed by atoms with van der Waals surface area (Å²) < 4.78 is 18.5. The van der Waals surface area contributed by atoms with Gasteiger partial charge in [0.25, 0.3) is 0 Å². The smallest absolute Gasteiger partial charge is 0.137 e. The summed E-state index contributed by atoms with van der Waals surface area (Å²) in [7, 11) is 0. The number of rotatable bonds is 6. The molecule has 0 spiro atoms. The summed E-state index contributed by atoms with van der Waals surface area (Å²) in [6, 6.07) is 7.93. The number of pyridine rings is 1. The Kier molecular flexibility index (Phi) is 4.91. The fraction of sp³-hybridized carbons (Fsp3) is 0.353. The number of hydrogen-bond acceptors (Lipinski definition) is 3. The summed E-state index contributed by atoms with van der Waals surface area (Å²) in [6.45, 7) is 4.37. The van der Waals surface area contributed by atoms with Crippen LogP contribution in [0.25, 0.3) is 0 Å². The molecule has 3 nitrogen and oxygen atoms in total. The molecule has 2 rings (SSSR count). The van der Waals surface area contributed by atoms with Crippen LogP contribution in [0, 0.1) is 5.82 Å². The molecule has 0 amide bonds. The Bertz CT molecular complexity index is 582. The van der Waals surface area contributed by atoms with Crippen molar-refractivity contribution in [3.63, 3.8) is 0 Å². The van der Waals surface area contributed by atoms with Crippen LogP contribution in [0.1, 0.15) is 31.4 Å². The van der Waals surface area contributed by atoms with Crippen LogP contribution in [-0.2, 0) is 12.0 Å². The zero-order chi connectivity index (χ0) is 15.3. The van der Waals surface area contributed by atoms with Crippen molar-refractivity contribution < 1.29 is 14.2 Å². The molecule has 21 heavy (non-hydrogen) atoms. The minimum absolute atomic E-state index is 0.282. The fourth-order valence-electron chi connectivity index (χ4n) is 2.11. The Labute approximate surface area is 124 Å². The zero-order valence-electron chi connectivity index (χ0n) is 12.3. The van der Waals surface area contributed by atoms with Gasteiger partial charge in [-0.3, -0.25) is 4.98 Å². The summed E-state index contributed by atoms with van der Waals surface area (Å²) in [5.74, 6) is 0.365. The van der Waals surface area contributed by atoms with E-state index in [0.717, 1.165) is 12.0 Å². The van der Waals surface area contributed by atoms with E-state index in [0.29, 0.717) is 24.3 Å². The van der Waals surface area contributed by atoms with Gasteiger partial charge < -0.3 is 9.84 Å². The minimum Gasteiger partial charge on any atom is -0.492 e. The van der Waals surface area contributed by atoms with Crippen molar-refractivity contribution in [3.05, 3.63) is 59.7 Å². The standard InChI is InChI=1S/C17H20FNO2/c1-3-8-21-16-9-14(11-19-12-16)17(2,20)10-13-4-6-15(18)7-5-13/h4-7,9,11-12,20H,3,8,10H2,1-2H3. The molecule has 1 atom stereocenters. The monoisotopic (exact) mass is 289 g/mol. The lowest BCUT2D eigenvalue weighted by Crippen LogP contribution is -2.24. The van der Waals surface area contributed by atoms with E-state index in [2.05, 4.69) is 4.98 Å². The largest absolute Gasteiger partial charge is 0.492 e. The van der Waals surface area contributed by atoms with Crippen LogP contribution in [-0.4, -0.2) is 16.7 Å². The van der Waals surface area contributed by atoms with Gasteiger partial charge in [0.05, 0.1) is 18.4 Å². The van der Waals surface area contributed by atoms with Crippen molar-refractivity contribution in [2.24, 2.45) is 0 Å². The molecule has 0 fully saturated rings. The van der Waals surface area contributed by atoms with E-state index < -0.39 is 5.60 Å². The van der Waals surface area contributed by atoms with Gasteiger partial charge >= 0.3 is 0 Å². The number of ether oxygens (including phenoxy) is 1. The van der Waals surface area contributed by atoms with Gasteiger partial charge in [-0.25, -0.2) is 4.39 Å². The maximum absolute atomic E-state index is 12.9. The summed E-state index contributed by atoms with van der Waals surface area (Å²) in [6.07, 6.45) is 4.55. The van der Waals surface area contributed by atoms with Crippen molar-refractivity contribution >= 4 is 0 Å². The van der Waals surface area contributed by atoms with Crippen LogP contribution in [0.4, 0.5) is 4.39 Å². The van der Waals surface area contributed by atoms with Crippen molar-refractivity contribution in [3.8, 4) is 5.75 Å². The first-order valence-corrected chi connectivity index (χ1v) is 7.06. The second kappa shape index (κ2) is 6.68. The Morgan fingerprint density at radius 3 is 2.62 bits per heavy atom. The maximum atomic E-state index is 12.9. The van der Waals surface area contributed by atoms with Crippen molar-refractivity contribution in [2.45, 2.75) is 32.3 Å². The van der Waals surface area contributed by atoms with Crippen LogP contribution in [0.5, 0.6) is 5.75 Å². The molecule has 2 aromatic rings. The molecule has 4 heteroatoms. The number of nitrogens with zero attached hydrogens (tertiary/aromatic N) is 1. The van der Waals surface area contributed by atoms with Crippen LogP contribution in [0.15, 0.2) is 42.7 Å². The van der Waals surface area contributed by atoms with E-state index in [9.17, 15) is 9.50 Å². The lowest BCUT2D eigenvalue weighted by atomic mass is 9.90. The first-order valence-electron chi connectivity index (χ1n) is 7.06. The number of hydrogen-bond donors (Lipinski definition) is 1. The number of aliphatic hydroxyl groups is 1. The molecule has 1 unspecified atom stereocenters. The third-order valence-electron chi connectivity index (χ3n) is 3.27. The molecular formula is C17H20FNO2. The van der Waals surface area contributed by atoms with Crippen LogP contribution in [0.3, 0.4) is 0 Å². The third kappa shape index (κ3) is 4.26. The van der Waals surface area contributed by atoms with Gasteiger partial charge in [0.1, 0.15) is 11.6 Å². The Hall–Kier alpha value is -1.94. The van der Waals surface area contributed by atoms with E-state index in [1.54, 1.807) is 37.5 Å². The molecule has 0 aliphatic carbocycles. The quantitative estimate of drug-likeness (QED) is 0.885. The number of aromatic nitrogens is 1. The molecule has 0 bridgehead atoms. The van der Waals surface area contributed by atoms with E-state index in [4.69, 9.17) is 4.74 Å². The second-order valence-electron chi connectivity index (χ2n) is 5.33. The molecule has 112 valence electrons. The third-order valence-corrected chi connectivity index (χ3v) is 3.27. The summed E-state index contributed by atoms with van der Waals surface area (Å²) in [5.41, 5.74) is 0.456. The molecule has 1 heterocycles. The first kappa shape index (κ1) is 15.4. The molecular weight excluding hydrogens is 269 g/mol. The Morgan fingerprint density at radius 2 is 1.95 bits per heavy atom. The van der Waals surface area contributed by atoms with E-state index in [-0.39, 0.29) is 5.82 Å². The van der Waals surface area contributed by atoms with E-state index >= 15 is 0 Å². The maximum Gasteiger partial charge on any atom is 0.137 e. The lowest BCUT2D eigenvalue weighted by molar-refractivity contribution is 0.0569. The molecule has 1 aromatic carbocycles. The van der Waals surface area contributed by atoms with Crippen molar-refractivity contribution in [1.29, 1.82) is 0 Å². The predicted octanol–water partition coefficient (Wildman–Crippen LogP) is 3.46.